The van der Waals surface area contributed by atoms with Crippen molar-refractivity contribution in [3.8, 4) is 16.2 Å². The quantitative estimate of drug-likeness (QED) is 0.260. The summed E-state index contributed by atoms with van der Waals surface area (Å²) in [4.78, 5) is 12.0. The molecule has 21 heavy (non-hydrogen) atoms. The van der Waals surface area contributed by atoms with Crippen molar-refractivity contribution in [2.45, 2.75) is 19.3 Å². The van der Waals surface area contributed by atoms with Gasteiger partial charge in [-0.2, -0.15) is 0 Å². The third-order valence-corrected chi connectivity index (χ3v) is 5.70. The van der Waals surface area contributed by atoms with Gasteiger partial charge in [-0.25, -0.2) is 5.48 Å². The van der Waals surface area contributed by atoms with Gasteiger partial charge in [0.1, 0.15) is 9.57 Å². The number of carbonyl (C=O) groups excluding carboxylic acids is 1. The van der Waals surface area contributed by atoms with Crippen LogP contribution in [0.1, 0.15) is 19.3 Å². The van der Waals surface area contributed by atoms with Crippen molar-refractivity contribution in [1.29, 1.82) is 0 Å². The number of carbonyl (C=O) groups is 1. The predicted molar refractivity (Wildman–Crippen MR) is 87.7 cm³/mol. The minimum Gasteiger partial charge on any atom is -0.494 e. The second kappa shape index (κ2) is 8.23. The van der Waals surface area contributed by atoms with Crippen LogP contribution in [0.2, 0.25) is 0 Å². The maximum atomic E-state index is 10.8. The summed E-state index contributed by atoms with van der Waals surface area (Å²) in [5, 5.41) is 8.36. The molecule has 112 valence electrons. The molecule has 0 aliphatic heterocycles. The fraction of sp³-hybridized carbons (Fsp3) is 0.286. The SMILES string of the molecule is O=C(CCCCOc1ccc(-c2cc(=S)ss2)cc1)NO. The molecule has 0 saturated heterocycles. The largest absolute Gasteiger partial charge is 0.494 e. The van der Waals surface area contributed by atoms with Gasteiger partial charge in [-0.15, -0.1) is 0 Å². The van der Waals surface area contributed by atoms with Gasteiger partial charge in [-0.3, -0.25) is 10.0 Å². The highest BCUT2D eigenvalue weighted by Gasteiger charge is 2.02. The second-order valence-electron chi connectivity index (χ2n) is 4.36. The van der Waals surface area contributed by atoms with Crippen molar-refractivity contribution in [3.63, 3.8) is 0 Å². The summed E-state index contributed by atoms with van der Waals surface area (Å²) in [5.74, 6) is 0.446. The second-order valence-corrected chi connectivity index (χ2v) is 7.27. The molecule has 0 spiro atoms. The van der Waals surface area contributed by atoms with Gasteiger partial charge < -0.3 is 4.74 Å². The van der Waals surface area contributed by atoms with E-state index in [1.165, 1.54) is 4.88 Å². The van der Waals surface area contributed by atoms with E-state index in [1.807, 2.05) is 30.3 Å². The van der Waals surface area contributed by atoms with E-state index in [1.54, 1.807) is 26.2 Å². The van der Waals surface area contributed by atoms with Crippen molar-refractivity contribution >= 4 is 38.8 Å². The Hall–Kier alpha value is -1.28. The van der Waals surface area contributed by atoms with E-state index in [9.17, 15) is 4.79 Å². The molecule has 0 saturated carbocycles. The van der Waals surface area contributed by atoms with Crippen molar-refractivity contribution in [3.05, 3.63) is 34.2 Å². The van der Waals surface area contributed by atoms with E-state index in [4.69, 9.17) is 22.2 Å². The zero-order valence-electron chi connectivity index (χ0n) is 11.2. The van der Waals surface area contributed by atoms with E-state index < -0.39 is 0 Å². The van der Waals surface area contributed by atoms with Crippen LogP contribution in [-0.2, 0) is 4.79 Å². The van der Waals surface area contributed by atoms with Gasteiger partial charge in [0.15, 0.2) is 0 Å². The maximum absolute atomic E-state index is 10.8. The van der Waals surface area contributed by atoms with Crippen molar-refractivity contribution < 1.29 is 14.7 Å². The van der Waals surface area contributed by atoms with Gasteiger partial charge in [0.05, 0.1) is 6.61 Å². The molecular weight excluding hydrogens is 326 g/mol. The van der Waals surface area contributed by atoms with Crippen LogP contribution in [0.5, 0.6) is 5.75 Å². The number of rotatable bonds is 7. The van der Waals surface area contributed by atoms with E-state index >= 15 is 0 Å². The van der Waals surface area contributed by atoms with Crippen LogP contribution in [0.4, 0.5) is 0 Å². The molecule has 1 aromatic heterocycles. The Kier molecular flexibility index (Phi) is 6.31. The van der Waals surface area contributed by atoms with Crippen molar-refractivity contribution in [2.75, 3.05) is 6.61 Å². The molecule has 1 aromatic carbocycles. The highest BCUT2D eigenvalue weighted by atomic mass is 32.9. The number of nitrogens with one attached hydrogen (secondary N) is 1. The summed E-state index contributed by atoms with van der Waals surface area (Å²) >= 11 is 5.13. The zero-order valence-corrected chi connectivity index (χ0v) is 13.7. The summed E-state index contributed by atoms with van der Waals surface area (Å²) in [6.07, 6.45) is 1.76. The summed E-state index contributed by atoms with van der Waals surface area (Å²) in [6, 6.07) is 9.91. The van der Waals surface area contributed by atoms with Crippen LogP contribution in [0.15, 0.2) is 30.3 Å². The molecule has 0 aliphatic carbocycles. The molecule has 1 amide bonds. The van der Waals surface area contributed by atoms with E-state index in [2.05, 4.69) is 0 Å². The Morgan fingerprint density at radius 1 is 1.24 bits per heavy atom. The van der Waals surface area contributed by atoms with Gasteiger partial charge in [-0.1, -0.05) is 32.9 Å². The van der Waals surface area contributed by atoms with Crippen LogP contribution in [0.25, 0.3) is 10.4 Å². The number of amides is 1. The number of hydrogen-bond acceptors (Lipinski definition) is 6. The summed E-state index contributed by atoms with van der Waals surface area (Å²) in [7, 11) is 3.28. The first-order chi connectivity index (χ1) is 10.2. The minimum atomic E-state index is -0.363. The molecule has 0 aliphatic rings. The van der Waals surface area contributed by atoms with Gasteiger partial charge in [0.25, 0.3) is 0 Å². The first kappa shape index (κ1) is 16.1. The average molecular weight is 341 g/mol. The standard InChI is InChI=1S/C14H15NO3S3/c16-13(15-17)3-1-2-8-18-11-6-4-10(5-7-11)12-9-14(19)21-20-12/h4-7,9,17H,1-3,8H2,(H,15,16). The lowest BCUT2D eigenvalue weighted by Crippen LogP contribution is -2.18. The normalized spacial score (nSPS) is 10.3. The molecule has 0 radical (unpaired) electrons. The highest BCUT2D eigenvalue weighted by Crippen LogP contribution is 2.30. The first-order valence-electron chi connectivity index (χ1n) is 6.45. The van der Waals surface area contributed by atoms with Gasteiger partial charge >= 0.3 is 0 Å². The smallest absolute Gasteiger partial charge is 0.243 e. The van der Waals surface area contributed by atoms with Crippen LogP contribution in [0, 0.1) is 3.82 Å². The summed E-state index contributed by atoms with van der Waals surface area (Å²) < 4.78 is 6.51. The molecule has 1 heterocycles. The van der Waals surface area contributed by atoms with Crippen LogP contribution in [-0.4, -0.2) is 17.7 Å². The molecule has 0 bridgehead atoms. The monoisotopic (exact) mass is 341 g/mol. The predicted octanol–water partition coefficient (Wildman–Crippen LogP) is 4.26. The van der Waals surface area contributed by atoms with E-state index in [0.29, 0.717) is 19.4 Å². The number of hydrogen-bond donors (Lipinski definition) is 2. The third-order valence-electron chi connectivity index (χ3n) is 2.79. The molecule has 2 N–H and O–H groups in total. The molecule has 2 aromatic rings. The number of hydroxylamine groups is 1. The molecule has 7 heteroatoms. The van der Waals surface area contributed by atoms with E-state index in [0.717, 1.165) is 21.6 Å². The van der Waals surface area contributed by atoms with Crippen LogP contribution >= 0.6 is 32.9 Å². The highest BCUT2D eigenvalue weighted by molar-refractivity contribution is 7.80. The lowest BCUT2D eigenvalue weighted by molar-refractivity contribution is -0.129. The lowest BCUT2D eigenvalue weighted by atomic mass is 10.2. The maximum Gasteiger partial charge on any atom is 0.243 e. The van der Waals surface area contributed by atoms with Crippen molar-refractivity contribution in [2.24, 2.45) is 0 Å². The summed E-state index contributed by atoms with van der Waals surface area (Å²) in [6.45, 7) is 0.551. The molecule has 0 fully saturated rings. The number of ether oxygens (including phenoxy) is 1. The zero-order chi connectivity index (χ0) is 15.1. The summed E-state index contributed by atoms with van der Waals surface area (Å²) in [5.41, 5.74) is 2.75. The first-order valence-corrected chi connectivity index (χ1v) is 9.01. The fourth-order valence-electron chi connectivity index (χ4n) is 1.72. The molecule has 2 rings (SSSR count). The minimum absolute atomic E-state index is 0.307. The van der Waals surface area contributed by atoms with E-state index in [-0.39, 0.29) is 5.91 Å². The topological polar surface area (TPSA) is 58.6 Å². The Labute approximate surface area is 135 Å². The van der Waals surface area contributed by atoms with Gasteiger partial charge in [-0.05, 0) is 48.7 Å². The molecular formula is C14H15NO3S3. The third kappa shape index (κ3) is 5.20. The Morgan fingerprint density at radius 3 is 2.62 bits per heavy atom. The van der Waals surface area contributed by atoms with Crippen molar-refractivity contribution in [1.82, 2.24) is 5.48 Å². The Balaban J connectivity index is 1.78. The Morgan fingerprint density at radius 2 is 2.00 bits per heavy atom. The number of unbranched alkanes of at least 4 members (excludes halogenated alkanes) is 1. The molecule has 0 unspecified atom stereocenters. The average Bonchev–Trinajstić information content (AvgIpc) is 2.94. The fourth-order valence-corrected chi connectivity index (χ4v) is 4.12. The molecule has 0 atom stereocenters. The van der Waals surface area contributed by atoms with Gasteiger partial charge in [0, 0.05) is 11.3 Å². The molecule has 4 nitrogen and oxygen atoms in total. The Bertz CT molecular complexity index is 633. The lowest BCUT2D eigenvalue weighted by Gasteiger charge is -2.06. The van der Waals surface area contributed by atoms with Crippen LogP contribution < -0.4 is 10.2 Å². The van der Waals surface area contributed by atoms with Crippen LogP contribution in [0.3, 0.4) is 0 Å². The number of benzene rings is 1. The van der Waals surface area contributed by atoms with Gasteiger partial charge in [0.2, 0.25) is 5.91 Å².